The van der Waals surface area contributed by atoms with E-state index in [9.17, 15) is 5.11 Å². The first-order chi connectivity index (χ1) is 16.0. The molecular formula is C29H35NO3. The second-order valence-electron chi connectivity index (χ2n) is 10.3. The molecule has 4 heteroatoms. The average molecular weight is 446 g/mol. The van der Waals surface area contributed by atoms with Crippen LogP contribution in [0.15, 0.2) is 59.1 Å². The van der Waals surface area contributed by atoms with Crippen LogP contribution < -0.4 is 4.74 Å². The van der Waals surface area contributed by atoms with E-state index in [4.69, 9.17) is 9.26 Å². The van der Waals surface area contributed by atoms with Crippen LogP contribution in [-0.4, -0.2) is 15.9 Å². The lowest BCUT2D eigenvalue weighted by atomic mass is 9.52. The van der Waals surface area contributed by atoms with E-state index in [1.807, 2.05) is 13.0 Å². The molecule has 2 aliphatic carbocycles. The molecule has 2 aromatic carbocycles. The largest absolute Gasteiger partial charge is 0.487 e. The average Bonchev–Trinajstić information content (AvgIpc) is 3.24. The topological polar surface area (TPSA) is 55.5 Å². The molecule has 0 amide bonds. The number of aromatic nitrogens is 1. The molecular weight excluding hydrogens is 410 g/mol. The van der Waals surface area contributed by atoms with Crippen LogP contribution in [0.2, 0.25) is 0 Å². The molecule has 5 rings (SSSR count). The minimum absolute atomic E-state index is 0.0800. The van der Waals surface area contributed by atoms with E-state index in [2.05, 4.69) is 60.6 Å². The monoisotopic (exact) mass is 445 g/mol. The number of benzene rings is 2. The predicted octanol–water partition coefficient (Wildman–Crippen LogP) is 6.32. The van der Waals surface area contributed by atoms with Gasteiger partial charge in [-0.3, -0.25) is 0 Å². The number of aryl methyl sites for hydroxylation is 2. The Morgan fingerprint density at radius 3 is 2.73 bits per heavy atom. The van der Waals surface area contributed by atoms with Crippen molar-refractivity contribution in [3.05, 3.63) is 82.7 Å². The molecule has 174 valence electrons. The Labute approximate surface area is 197 Å². The van der Waals surface area contributed by atoms with E-state index in [0.717, 1.165) is 68.6 Å². The van der Waals surface area contributed by atoms with E-state index >= 15 is 0 Å². The zero-order chi connectivity index (χ0) is 22.9. The second-order valence-corrected chi connectivity index (χ2v) is 10.3. The highest BCUT2D eigenvalue weighted by molar-refractivity contribution is 5.45. The lowest BCUT2D eigenvalue weighted by Gasteiger charge is -2.53. The highest BCUT2D eigenvalue weighted by atomic mass is 16.5. The normalized spacial score (nSPS) is 26.5. The number of aliphatic hydroxyl groups is 1. The van der Waals surface area contributed by atoms with Crippen LogP contribution in [0.4, 0.5) is 0 Å². The van der Waals surface area contributed by atoms with Crippen molar-refractivity contribution in [2.45, 2.75) is 82.8 Å². The molecule has 0 unspecified atom stereocenters. The van der Waals surface area contributed by atoms with Gasteiger partial charge in [-0.05, 0) is 86.6 Å². The van der Waals surface area contributed by atoms with Crippen molar-refractivity contribution in [3.8, 4) is 5.75 Å². The molecule has 4 nitrogen and oxygen atoms in total. The lowest BCUT2D eigenvalue weighted by molar-refractivity contribution is -0.0565. The van der Waals surface area contributed by atoms with Gasteiger partial charge in [-0.15, -0.1) is 0 Å². The number of hydrogen-bond donors (Lipinski definition) is 1. The second kappa shape index (κ2) is 8.98. The van der Waals surface area contributed by atoms with E-state index in [0.29, 0.717) is 12.5 Å². The smallest absolute Gasteiger partial charge is 0.134 e. The summed E-state index contributed by atoms with van der Waals surface area (Å²) < 4.78 is 11.2. The quantitative estimate of drug-likeness (QED) is 0.462. The standard InChI is InChI=1S/C29H35NO3/c1-3-13-28(31)14-15-29(18-22-7-5-4-6-8-22)24(19-28)10-9-23-17-26(11-12-27(23)29)32-20-25-16-21(2)33-30-25/h4-8,11-12,16-17,24,31H,3,9-10,13-15,18-20H2,1-2H3/t24-,28-,29+/m1/s1. The fourth-order valence-electron chi connectivity index (χ4n) is 6.45. The van der Waals surface area contributed by atoms with Crippen LogP contribution in [0.3, 0.4) is 0 Å². The molecule has 0 spiro atoms. The molecule has 1 N–H and O–H groups in total. The summed E-state index contributed by atoms with van der Waals surface area (Å²) in [4.78, 5) is 0. The van der Waals surface area contributed by atoms with Gasteiger partial charge in [-0.1, -0.05) is 54.9 Å². The summed E-state index contributed by atoms with van der Waals surface area (Å²) in [5.41, 5.74) is 4.64. The number of ether oxygens (including phenoxy) is 1. The highest BCUT2D eigenvalue weighted by Gasteiger charge is 2.51. The minimum atomic E-state index is -0.504. The van der Waals surface area contributed by atoms with Gasteiger partial charge >= 0.3 is 0 Å². The van der Waals surface area contributed by atoms with Crippen LogP contribution in [0, 0.1) is 12.8 Å². The Balaban J connectivity index is 1.45. The fraction of sp³-hybridized carbons (Fsp3) is 0.483. The van der Waals surface area contributed by atoms with Gasteiger partial charge in [0.1, 0.15) is 23.8 Å². The van der Waals surface area contributed by atoms with E-state index in [-0.39, 0.29) is 5.41 Å². The summed E-state index contributed by atoms with van der Waals surface area (Å²) in [6.07, 6.45) is 7.98. The fourth-order valence-corrected chi connectivity index (χ4v) is 6.45. The zero-order valence-corrected chi connectivity index (χ0v) is 19.8. The van der Waals surface area contributed by atoms with Crippen LogP contribution in [0.5, 0.6) is 5.75 Å². The third-order valence-corrected chi connectivity index (χ3v) is 7.96. The Morgan fingerprint density at radius 1 is 1.12 bits per heavy atom. The van der Waals surface area contributed by atoms with Crippen molar-refractivity contribution < 1.29 is 14.4 Å². The van der Waals surface area contributed by atoms with E-state index < -0.39 is 5.60 Å². The Hall–Kier alpha value is -2.59. The van der Waals surface area contributed by atoms with Gasteiger partial charge in [0.2, 0.25) is 0 Å². The van der Waals surface area contributed by atoms with Gasteiger partial charge in [0.05, 0.1) is 5.60 Å². The van der Waals surface area contributed by atoms with Gasteiger partial charge in [0, 0.05) is 11.5 Å². The molecule has 1 heterocycles. The first kappa shape index (κ1) is 22.2. The number of rotatable bonds is 7. The Morgan fingerprint density at radius 2 is 1.97 bits per heavy atom. The Kier molecular flexibility index (Phi) is 6.05. The SMILES string of the molecule is CCC[C@@]1(O)CC[C@@]2(Cc3ccccc3)c3ccc(OCc4cc(C)on4)cc3CC[C@@H]2C1. The molecule has 0 radical (unpaired) electrons. The molecule has 0 aliphatic heterocycles. The maximum atomic E-state index is 11.3. The predicted molar refractivity (Wildman–Crippen MR) is 129 cm³/mol. The third-order valence-electron chi connectivity index (χ3n) is 7.96. The molecule has 2 aliphatic rings. The van der Waals surface area contributed by atoms with Crippen LogP contribution >= 0.6 is 0 Å². The van der Waals surface area contributed by atoms with Crippen molar-refractivity contribution >= 4 is 0 Å². The maximum absolute atomic E-state index is 11.3. The van der Waals surface area contributed by atoms with Crippen molar-refractivity contribution in [1.82, 2.24) is 5.16 Å². The summed E-state index contributed by atoms with van der Waals surface area (Å²) in [5, 5.41) is 15.4. The number of nitrogens with zero attached hydrogens (tertiary/aromatic N) is 1. The van der Waals surface area contributed by atoms with Gasteiger partial charge in [-0.2, -0.15) is 0 Å². The van der Waals surface area contributed by atoms with Crippen molar-refractivity contribution in [2.75, 3.05) is 0 Å². The lowest BCUT2D eigenvalue weighted by Crippen LogP contribution is -2.51. The zero-order valence-electron chi connectivity index (χ0n) is 19.8. The van der Waals surface area contributed by atoms with Crippen molar-refractivity contribution in [2.24, 2.45) is 5.92 Å². The molecule has 33 heavy (non-hydrogen) atoms. The van der Waals surface area contributed by atoms with Gasteiger partial charge in [0.25, 0.3) is 0 Å². The molecule has 3 atom stereocenters. The number of hydrogen-bond acceptors (Lipinski definition) is 4. The summed E-state index contributed by atoms with van der Waals surface area (Å²) >= 11 is 0. The highest BCUT2D eigenvalue weighted by Crippen LogP contribution is 2.55. The van der Waals surface area contributed by atoms with Gasteiger partial charge in [-0.25, -0.2) is 0 Å². The summed E-state index contributed by atoms with van der Waals surface area (Å²) in [7, 11) is 0. The molecule has 1 fully saturated rings. The van der Waals surface area contributed by atoms with Crippen LogP contribution in [0.25, 0.3) is 0 Å². The summed E-state index contributed by atoms with van der Waals surface area (Å²) in [5.74, 6) is 2.19. The van der Waals surface area contributed by atoms with Crippen molar-refractivity contribution in [1.29, 1.82) is 0 Å². The molecule has 1 saturated carbocycles. The van der Waals surface area contributed by atoms with Gasteiger partial charge < -0.3 is 14.4 Å². The van der Waals surface area contributed by atoms with E-state index in [1.165, 1.54) is 16.7 Å². The third kappa shape index (κ3) is 4.46. The van der Waals surface area contributed by atoms with Crippen LogP contribution in [0.1, 0.15) is 73.6 Å². The number of fused-ring (bicyclic) bond motifs is 3. The summed E-state index contributed by atoms with van der Waals surface area (Å²) in [6, 6.07) is 19.5. The van der Waals surface area contributed by atoms with Crippen LogP contribution in [-0.2, 0) is 24.9 Å². The summed E-state index contributed by atoms with van der Waals surface area (Å²) in [6.45, 7) is 4.49. The Bertz CT molecular complexity index is 1090. The van der Waals surface area contributed by atoms with Gasteiger partial charge in [0.15, 0.2) is 0 Å². The molecule has 0 bridgehead atoms. The molecule has 3 aromatic rings. The first-order valence-corrected chi connectivity index (χ1v) is 12.4. The first-order valence-electron chi connectivity index (χ1n) is 12.4. The minimum Gasteiger partial charge on any atom is -0.487 e. The van der Waals surface area contributed by atoms with E-state index in [1.54, 1.807) is 0 Å². The van der Waals surface area contributed by atoms with Crippen molar-refractivity contribution in [3.63, 3.8) is 0 Å². The maximum Gasteiger partial charge on any atom is 0.134 e. The molecule has 1 aromatic heterocycles. The molecule has 0 saturated heterocycles.